The Kier molecular flexibility index (Phi) is 1.89. The fourth-order valence-corrected chi connectivity index (χ4v) is 1.56. The number of nitrogens with two attached hydrogens (primary N) is 1. The number of carboxylic acid groups (broad SMARTS) is 1. The molecular formula is C10H11N3O2. The number of hydrogen-bond donors (Lipinski definition) is 2. The number of carboxylic acids is 1. The van der Waals surface area contributed by atoms with Crippen LogP contribution in [0.4, 0.5) is 5.69 Å². The lowest BCUT2D eigenvalue weighted by Gasteiger charge is -2.01. The summed E-state index contributed by atoms with van der Waals surface area (Å²) in [4.78, 5) is 15.1. The summed E-state index contributed by atoms with van der Waals surface area (Å²) >= 11 is 0. The number of imidazole rings is 1. The lowest BCUT2D eigenvalue weighted by Crippen LogP contribution is -2.02. The normalized spacial score (nSPS) is 10.8. The molecular weight excluding hydrogens is 194 g/mol. The van der Waals surface area contributed by atoms with Crippen LogP contribution in [0.15, 0.2) is 12.1 Å². The number of aryl methyl sites for hydroxylation is 2. The molecule has 0 fully saturated rings. The predicted octanol–water partition coefficient (Wildman–Crippen LogP) is 1.16. The van der Waals surface area contributed by atoms with Gasteiger partial charge in [0.2, 0.25) is 0 Å². The average Bonchev–Trinajstić information content (AvgIpc) is 2.41. The van der Waals surface area contributed by atoms with Crippen LogP contribution in [0.25, 0.3) is 11.0 Å². The molecule has 15 heavy (non-hydrogen) atoms. The zero-order valence-corrected chi connectivity index (χ0v) is 8.48. The zero-order valence-electron chi connectivity index (χ0n) is 8.48. The van der Waals surface area contributed by atoms with Crippen molar-refractivity contribution < 1.29 is 9.90 Å². The quantitative estimate of drug-likeness (QED) is 0.684. The summed E-state index contributed by atoms with van der Waals surface area (Å²) in [7, 11) is 1.84. The van der Waals surface area contributed by atoms with Crippen molar-refractivity contribution >= 4 is 22.7 Å². The molecule has 0 aliphatic heterocycles. The molecule has 0 aliphatic carbocycles. The van der Waals surface area contributed by atoms with E-state index in [1.807, 2.05) is 18.5 Å². The van der Waals surface area contributed by atoms with Crippen molar-refractivity contribution in [2.45, 2.75) is 6.92 Å². The molecule has 1 aromatic carbocycles. The smallest absolute Gasteiger partial charge is 0.337 e. The highest BCUT2D eigenvalue weighted by atomic mass is 16.4. The minimum absolute atomic E-state index is 0.116. The van der Waals surface area contributed by atoms with Gasteiger partial charge in [-0.3, -0.25) is 0 Å². The lowest BCUT2D eigenvalue weighted by molar-refractivity contribution is 0.0698. The highest BCUT2D eigenvalue weighted by molar-refractivity contribution is 5.98. The number of aromatic carboxylic acids is 1. The number of fused-ring (bicyclic) bond motifs is 1. The van der Waals surface area contributed by atoms with E-state index in [2.05, 4.69) is 4.98 Å². The fourth-order valence-electron chi connectivity index (χ4n) is 1.56. The molecule has 1 aromatic heterocycles. The maximum Gasteiger partial charge on any atom is 0.337 e. The summed E-state index contributed by atoms with van der Waals surface area (Å²) in [6.45, 7) is 1.86. The number of anilines is 1. The second-order valence-electron chi connectivity index (χ2n) is 3.45. The molecule has 5 heteroatoms. The van der Waals surface area contributed by atoms with Gasteiger partial charge >= 0.3 is 5.97 Å². The Morgan fingerprint density at radius 2 is 2.20 bits per heavy atom. The third-order valence-electron chi connectivity index (χ3n) is 2.51. The average molecular weight is 205 g/mol. The SMILES string of the molecule is Cc1nc2cc(N)c(C(=O)O)cc2n1C. The molecule has 2 aromatic rings. The first-order chi connectivity index (χ1) is 7.00. The van der Waals surface area contributed by atoms with Gasteiger partial charge in [0.15, 0.2) is 0 Å². The van der Waals surface area contributed by atoms with E-state index < -0.39 is 5.97 Å². The first-order valence-corrected chi connectivity index (χ1v) is 4.46. The molecule has 0 radical (unpaired) electrons. The van der Waals surface area contributed by atoms with Gasteiger partial charge in [-0.2, -0.15) is 0 Å². The second-order valence-corrected chi connectivity index (χ2v) is 3.45. The monoisotopic (exact) mass is 205 g/mol. The number of rotatable bonds is 1. The van der Waals surface area contributed by atoms with Crippen molar-refractivity contribution in [3.8, 4) is 0 Å². The molecule has 0 bridgehead atoms. The predicted molar refractivity (Wildman–Crippen MR) is 56.8 cm³/mol. The molecule has 0 amide bonds. The fraction of sp³-hybridized carbons (Fsp3) is 0.200. The van der Waals surface area contributed by atoms with Gasteiger partial charge in [-0.05, 0) is 19.1 Å². The second kappa shape index (κ2) is 2.98. The topological polar surface area (TPSA) is 81.1 Å². The van der Waals surface area contributed by atoms with Crippen LogP contribution in [0.5, 0.6) is 0 Å². The van der Waals surface area contributed by atoms with Crippen LogP contribution in [0, 0.1) is 6.92 Å². The molecule has 0 saturated heterocycles. The van der Waals surface area contributed by atoms with Crippen LogP contribution >= 0.6 is 0 Å². The number of nitrogens with zero attached hydrogens (tertiary/aromatic N) is 2. The van der Waals surface area contributed by atoms with Crippen molar-refractivity contribution in [3.05, 3.63) is 23.5 Å². The van der Waals surface area contributed by atoms with Crippen molar-refractivity contribution in [3.63, 3.8) is 0 Å². The van der Waals surface area contributed by atoms with Crippen LogP contribution in [0.2, 0.25) is 0 Å². The maximum absolute atomic E-state index is 10.9. The van der Waals surface area contributed by atoms with Crippen LogP contribution in [-0.4, -0.2) is 20.6 Å². The van der Waals surface area contributed by atoms with E-state index in [1.54, 1.807) is 12.1 Å². The third-order valence-corrected chi connectivity index (χ3v) is 2.51. The molecule has 0 spiro atoms. The Hall–Kier alpha value is -2.04. The third kappa shape index (κ3) is 1.32. The minimum atomic E-state index is -1.02. The first kappa shape index (κ1) is 9.51. The number of benzene rings is 1. The molecule has 1 heterocycles. The van der Waals surface area contributed by atoms with Crippen LogP contribution < -0.4 is 5.73 Å². The van der Waals surface area contributed by atoms with Gasteiger partial charge < -0.3 is 15.4 Å². The van der Waals surface area contributed by atoms with Crippen molar-refractivity contribution in [2.75, 3.05) is 5.73 Å². The summed E-state index contributed by atoms with van der Waals surface area (Å²) in [5.74, 6) is -0.194. The van der Waals surface area contributed by atoms with Crippen molar-refractivity contribution in [1.29, 1.82) is 0 Å². The van der Waals surface area contributed by atoms with Gasteiger partial charge in [-0.15, -0.1) is 0 Å². The van der Waals surface area contributed by atoms with E-state index in [9.17, 15) is 4.79 Å². The van der Waals surface area contributed by atoms with Crippen molar-refractivity contribution in [1.82, 2.24) is 9.55 Å². The molecule has 5 nitrogen and oxygen atoms in total. The van der Waals surface area contributed by atoms with E-state index in [-0.39, 0.29) is 11.3 Å². The highest BCUT2D eigenvalue weighted by Crippen LogP contribution is 2.21. The van der Waals surface area contributed by atoms with Gasteiger partial charge in [0.25, 0.3) is 0 Å². The van der Waals surface area contributed by atoms with Gasteiger partial charge in [-0.25, -0.2) is 9.78 Å². The Morgan fingerprint density at radius 1 is 1.53 bits per heavy atom. The molecule has 0 atom stereocenters. The van der Waals surface area contributed by atoms with Gasteiger partial charge in [0.1, 0.15) is 5.82 Å². The number of hydrogen-bond acceptors (Lipinski definition) is 3. The standard InChI is InChI=1S/C10H11N3O2/c1-5-12-8-4-7(11)6(10(14)15)3-9(8)13(5)2/h3-4H,11H2,1-2H3,(H,14,15). The Bertz CT molecular complexity index is 557. The Labute approximate surface area is 86.1 Å². The Morgan fingerprint density at radius 3 is 2.80 bits per heavy atom. The highest BCUT2D eigenvalue weighted by Gasteiger charge is 2.12. The molecule has 0 aliphatic rings. The lowest BCUT2D eigenvalue weighted by atomic mass is 10.1. The van der Waals surface area contributed by atoms with Gasteiger partial charge in [0, 0.05) is 12.7 Å². The van der Waals surface area contributed by atoms with E-state index in [0.717, 1.165) is 16.9 Å². The van der Waals surface area contributed by atoms with Crippen LogP contribution in [0.1, 0.15) is 16.2 Å². The Balaban J connectivity index is 2.83. The summed E-state index contributed by atoms with van der Waals surface area (Å²) in [6.07, 6.45) is 0. The van der Waals surface area contributed by atoms with Gasteiger partial charge in [0.05, 0.1) is 16.6 Å². The summed E-state index contributed by atoms with van der Waals surface area (Å²) < 4.78 is 1.83. The summed E-state index contributed by atoms with van der Waals surface area (Å²) in [5, 5.41) is 8.91. The zero-order chi connectivity index (χ0) is 11.2. The summed E-state index contributed by atoms with van der Waals surface area (Å²) in [5.41, 5.74) is 7.47. The van der Waals surface area contributed by atoms with Crippen molar-refractivity contribution in [2.24, 2.45) is 7.05 Å². The number of carbonyl (C=O) groups is 1. The number of nitrogen functional groups attached to an aromatic ring is 1. The van der Waals surface area contributed by atoms with E-state index in [0.29, 0.717) is 0 Å². The largest absolute Gasteiger partial charge is 0.478 e. The summed E-state index contributed by atoms with van der Waals surface area (Å²) in [6, 6.07) is 3.14. The minimum Gasteiger partial charge on any atom is -0.478 e. The molecule has 0 saturated carbocycles. The molecule has 0 unspecified atom stereocenters. The van der Waals surface area contributed by atoms with Crippen LogP contribution in [-0.2, 0) is 7.05 Å². The molecule has 78 valence electrons. The number of aromatic nitrogens is 2. The van der Waals surface area contributed by atoms with E-state index in [1.165, 1.54) is 0 Å². The first-order valence-electron chi connectivity index (χ1n) is 4.46. The maximum atomic E-state index is 10.9. The van der Waals surface area contributed by atoms with Gasteiger partial charge in [-0.1, -0.05) is 0 Å². The molecule has 3 N–H and O–H groups in total. The van der Waals surface area contributed by atoms with E-state index in [4.69, 9.17) is 10.8 Å². The molecule has 2 rings (SSSR count). The van der Waals surface area contributed by atoms with Crippen LogP contribution in [0.3, 0.4) is 0 Å². The van der Waals surface area contributed by atoms with E-state index >= 15 is 0 Å².